The van der Waals surface area contributed by atoms with Gasteiger partial charge in [-0.05, 0) is 24.3 Å². The zero-order valence-electron chi connectivity index (χ0n) is 8.69. The lowest BCUT2D eigenvalue weighted by Gasteiger charge is -2.08. The Labute approximate surface area is 99.6 Å². The molecule has 2 aromatic rings. The van der Waals surface area contributed by atoms with Crippen LogP contribution in [0, 0.1) is 0 Å². The molecule has 0 spiro atoms. The summed E-state index contributed by atoms with van der Waals surface area (Å²) in [5.41, 5.74) is 7.52. The van der Waals surface area contributed by atoms with Gasteiger partial charge in [-0.1, -0.05) is 35.9 Å². The van der Waals surface area contributed by atoms with Crippen LogP contribution < -0.4 is 10.5 Å². The summed E-state index contributed by atoms with van der Waals surface area (Å²) >= 11 is 5.85. The van der Waals surface area contributed by atoms with E-state index in [9.17, 15) is 0 Å². The average Bonchev–Trinajstić information content (AvgIpc) is 2.28. The number of anilines is 1. The standard InChI is InChI=1S/C13H12ClNO/c14-11-5-3-6-12(8-11)16-9-10-4-1-2-7-13(10)15/h1-8H,9,15H2. The van der Waals surface area contributed by atoms with Crippen molar-refractivity contribution in [1.29, 1.82) is 0 Å². The first-order valence-electron chi connectivity index (χ1n) is 4.97. The third-order valence-corrected chi connectivity index (χ3v) is 2.48. The summed E-state index contributed by atoms with van der Waals surface area (Å²) in [7, 11) is 0. The smallest absolute Gasteiger partial charge is 0.121 e. The van der Waals surface area contributed by atoms with Crippen LogP contribution in [0.1, 0.15) is 5.56 Å². The van der Waals surface area contributed by atoms with Gasteiger partial charge in [0.25, 0.3) is 0 Å². The minimum atomic E-state index is 0.451. The van der Waals surface area contributed by atoms with Gasteiger partial charge in [0.05, 0.1) is 0 Å². The molecule has 2 N–H and O–H groups in total. The van der Waals surface area contributed by atoms with Crippen LogP contribution in [0.3, 0.4) is 0 Å². The van der Waals surface area contributed by atoms with Gasteiger partial charge < -0.3 is 10.5 Å². The quantitative estimate of drug-likeness (QED) is 0.824. The molecule has 0 aromatic heterocycles. The molecule has 0 aliphatic carbocycles. The molecule has 82 valence electrons. The molecule has 2 aromatic carbocycles. The summed E-state index contributed by atoms with van der Waals surface area (Å²) in [6.07, 6.45) is 0. The number of para-hydroxylation sites is 1. The second kappa shape index (κ2) is 4.90. The molecular formula is C13H12ClNO. The van der Waals surface area contributed by atoms with E-state index in [0.29, 0.717) is 11.6 Å². The van der Waals surface area contributed by atoms with Gasteiger partial charge in [0.15, 0.2) is 0 Å². The van der Waals surface area contributed by atoms with Crippen molar-refractivity contribution < 1.29 is 4.74 Å². The van der Waals surface area contributed by atoms with E-state index >= 15 is 0 Å². The molecule has 0 unspecified atom stereocenters. The molecule has 0 bridgehead atoms. The Morgan fingerprint density at radius 2 is 1.88 bits per heavy atom. The third kappa shape index (κ3) is 2.67. The molecule has 16 heavy (non-hydrogen) atoms. The SMILES string of the molecule is Nc1ccccc1COc1cccc(Cl)c1. The molecule has 2 nitrogen and oxygen atoms in total. The summed E-state index contributed by atoms with van der Waals surface area (Å²) in [6, 6.07) is 14.9. The Morgan fingerprint density at radius 1 is 1.06 bits per heavy atom. The zero-order valence-corrected chi connectivity index (χ0v) is 9.45. The number of nitrogen functional groups attached to an aromatic ring is 1. The Bertz CT molecular complexity index is 485. The lowest BCUT2D eigenvalue weighted by Crippen LogP contribution is -1.99. The monoisotopic (exact) mass is 233 g/mol. The van der Waals surface area contributed by atoms with Gasteiger partial charge >= 0.3 is 0 Å². The van der Waals surface area contributed by atoms with Gasteiger partial charge in [0.1, 0.15) is 12.4 Å². The fraction of sp³-hybridized carbons (Fsp3) is 0.0769. The van der Waals surface area contributed by atoms with E-state index in [0.717, 1.165) is 17.0 Å². The molecule has 0 radical (unpaired) electrons. The number of halogens is 1. The van der Waals surface area contributed by atoms with Crippen LogP contribution in [0.15, 0.2) is 48.5 Å². The molecule has 2 rings (SSSR count). The van der Waals surface area contributed by atoms with E-state index in [1.165, 1.54) is 0 Å². The van der Waals surface area contributed by atoms with E-state index in [-0.39, 0.29) is 0 Å². The molecule has 3 heteroatoms. The molecule has 0 aliphatic rings. The predicted octanol–water partition coefficient (Wildman–Crippen LogP) is 3.50. The second-order valence-corrected chi connectivity index (χ2v) is 3.88. The van der Waals surface area contributed by atoms with Crippen LogP contribution in [0.4, 0.5) is 5.69 Å². The number of hydrogen-bond donors (Lipinski definition) is 1. The molecule has 0 aliphatic heterocycles. The minimum Gasteiger partial charge on any atom is -0.489 e. The number of benzene rings is 2. The maximum atomic E-state index is 5.85. The molecule has 0 amide bonds. The maximum absolute atomic E-state index is 5.85. The van der Waals surface area contributed by atoms with E-state index in [4.69, 9.17) is 22.1 Å². The van der Waals surface area contributed by atoms with Crippen molar-refractivity contribution >= 4 is 17.3 Å². The van der Waals surface area contributed by atoms with Gasteiger partial charge in [-0.3, -0.25) is 0 Å². The van der Waals surface area contributed by atoms with E-state index in [2.05, 4.69) is 0 Å². The van der Waals surface area contributed by atoms with Crippen LogP contribution in [0.25, 0.3) is 0 Å². The molecule has 0 heterocycles. The zero-order chi connectivity index (χ0) is 11.4. The van der Waals surface area contributed by atoms with Gasteiger partial charge in [-0.2, -0.15) is 0 Å². The first-order chi connectivity index (χ1) is 7.75. The Balaban J connectivity index is 2.05. The second-order valence-electron chi connectivity index (χ2n) is 3.44. The number of nitrogens with two attached hydrogens (primary N) is 1. The first kappa shape index (κ1) is 10.8. The van der Waals surface area contributed by atoms with Crippen molar-refractivity contribution in [3.63, 3.8) is 0 Å². The summed E-state index contributed by atoms with van der Waals surface area (Å²) < 4.78 is 5.59. The predicted molar refractivity (Wildman–Crippen MR) is 66.6 cm³/mol. The summed E-state index contributed by atoms with van der Waals surface area (Å²) in [5.74, 6) is 0.746. The van der Waals surface area contributed by atoms with Crippen molar-refractivity contribution in [1.82, 2.24) is 0 Å². The fourth-order valence-electron chi connectivity index (χ4n) is 1.38. The highest BCUT2D eigenvalue weighted by molar-refractivity contribution is 6.30. The van der Waals surface area contributed by atoms with Crippen LogP contribution in [0.2, 0.25) is 5.02 Å². The van der Waals surface area contributed by atoms with Crippen LogP contribution >= 0.6 is 11.6 Å². The number of ether oxygens (including phenoxy) is 1. The highest BCUT2D eigenvalue weighted by Gasteiger charge is 1.99. The van der Waals surface area contributed by atoms with Crippen molar-refractivity contribution in [2.45, 2.75) is 6.61 Å². The highest BCUT2D eigenvalue weighted by Crippen LogP contribution is 2.19. The van der Waals surface area contributed by atoms with E-state index in [1.54, 1.807) is 6.07 Å². The number of hydrogen-bond acceptors (Lipinski definition) is 2. The van der Waals surface area contributed by atoms with E-state index < -0.39 is 0 Å². The third-order valence-electron chi connectivity index (χ3n) is 2.25. The summed E-state index contributed by atoms with van der Waals surface area (Å²) in [5, 5.41) is 0.665. The Morgan fingerprint density at radius 3 is 2.62 bits per heavy atom. The largest absolute Gasteiger partial charge is 0.489 e. The van der Waals surface area contributed by atoms with Crippen molar-refractivity contribution in [3.05, 3.63) is 59.1 Å². The fourth-order valence-corrected chi connectivity index (χ4v) is 1.56. The average molecular weight is 234 g/mol. The lowest BCUT2D eigenvalue weighted by molar-refractivity contribution is 0.307. The summed E-state index contributed by atoms with van der Waals surface area (Å²) in [6.45, 7) is 0.451. The highest BCUT2D eigenvalue weighted by atomic mass is 35.5. The topological polar surface area (TPSA) is 35.2 Å². The van der Waals surface area contributed by atoms with Crippen molar-refractivity contribution in [3.8, 4) is 5.75 Å². The lowest BCUT2D eigenvalue weighted by atomic mass is 10.2. The van der Waals surface area contributed by atoms with Crippen LogP contribution in [-0.4, -0.2) is 0 Å². The molecule has 0 atom stereocenters. The molecule has 0 saturated carbocycles. The van der Waals surface area contributed by atoms with E-state index in [1.807, 2.05) is 42.5 Å². The van der Waals surface area contributed by atoms with Crippen LogP contribution in [0.5, 0.6) is 5.75 Å². The van der Waals surface area contributed by atoms with Gasteiger partial charge in [0, 0.05) is 16.3 Å². The van der Waals surface area contributed by atoms with Gasteiger partial charge in [0.2, 0.25) is 0 Å². The normalized spacial score (nSPS) is 10.1. The first-order valence-corrected chi connectivity index (χ1v) is 5.35. The van der Waals surface area contributed by atoms with Crippen molar-refractivity contribution in [2.24, 2.45) is 0 Å². The van der Waals surface area contributed by atoms with Gasteiger partial charge in [-0.15, -0.1) is 0 Å². The molecular weight excluding hydrogens is 222 g/mol. The number of rotatable bonds is 3. The maximum Gasteiger partial charge on any atom is 0.121 e. The Kier molecular flexibility index (Phi) is 3.32. The van der Waals surface area contributed by atoms with Crippen LogP contribution in [-0.2, 0) is 6.61 Å². The molecule has 0 fully saturated rings. The Hall–Kier alpha value is -1.67. The van der Waals surface area contributed by atoms with Gasteiger partial charge in [-0.25, -0.2) is 0 Å². The minimum absolute atomic E-state index is 0.451. The molecule has 0 saturated heterocycles. The summed E-state index contributed by atoms with van der Waals surface area (Å²) in [4.78, 5) is 0. The van der Waals surface area contributed by atoms with Crippen molar-refractivity contribution in [2.75, 3.05) is 5.73 Å².